The third kappa shape index (κ3) is 7.96. The van der Waals surface area contributed by atoms with Gasteiger partial charge in [0.05, 0.1) is 0 Å². The van der Waals surface area contributed by atoms with Crippen molar-refractivity contribution < 1.29 is 51.0 Å². The van der Waals surface area contributed by atoms with Crippen LogP contribution in [0.25, 0.3) is 0 Å². The van der Waals surface area contributed by atoms with Crippen LogP contribution < -0.4 is 24.8 Å². The maximum Gasteiger partial charge on any atom is 3.00 e. The van der Waals surface area contributed by atoms with Gasteiger partial charge >= 0.3 is 26.2 Å². The minimum absolute atomic E-state index is 0. The molecule has 2 unspecified atom stereocenters. The summed E-state index contributed by atoms with van der Waals surface area (Å²) in [5.74, 6) is 1.62. The largest absolute Gasteiger partial charge is 3.00 e. The second-order valence-electron chi connectivity index (χ2n) is 3.40. The van der Waals surface area contributed by atoms with E-state index in [0.29, 0.717) is 0 Å². The van der Waals surface area contributed by atoms with E-state index < -0.39 is 0 Å². The van der Waals surface area contributed by atoms with Gasteiger partial charge in [-0.3, -0.25) is 0 Å². The van der Waals surface area contributed by atoms with Gasteiger partial charge in [-0.15, -0.1) is 12.0 Å². The predicted molar refractivity (Wildman–Crippen MR) is 57.7 cm³/mol. The number of allylic oxidation sites excluding steroid dienone is 4. The van der Waals surface area contributed by atoms with Crippen molar-refractivity contribution in [3.63, 3.8) is 0 Å². The predicted octanol–water partition coefficient (Wildman–Crippen LogP) is -3.13. The van der Waals surface area contributed by atoms with Crippen LogP contribution in [0.5, 0.6) is 0 Å². The molecule has 0 saturated heterocycles. The second kappa shape index (κ2) is 13.2. The number of fused-ring (bicyclic) bond motifs is 1. The molecule has 2 rings (SSSR count). The molecule has 0 aromatic carbocycles. The van der Waals surface area contributed by atoms with Crippen LogP contribution in [-0.2, 0) is 26.2 Å². The first-order valence-corrected chi connectivity index (χ1v) is 7.11. The number of rotatable bonds is 0. The molecule has 2 radical (unpaired) electrons. The van der Waals surface area contributed by atoms with Crippen molar-refractivity contribution in [3.8, 4) is 0 Å². The second-order valence-corrected chi connectivity index (χ2v) is 4.56. The van der Waals surface area contributed by atoms with Gasteiger partial charge in [0.25, 0.3) is 0 Å². The van der Waals surface area contributed by atoms with Crippen molar-refractivity contribution in [2.24, 2.45) is 11.8 Å². The summed E-state index contributed by atoms with van der Waals surface area (Å²) in [4.78, 5) is 0. The smallest absolute Gasteiger partial charge is 1.00 e. The van der Waals surface area contributed by atoms with Crippen molar-refractivity contribution in [3.05, 3.63) is 30.7 Å². The van der Waals surface area contributed by atoms with Crippen LogP contribution >= 0.6 is 0 Å². The van der Waals surface area contributed by atoms with E-state index in [-0.39, 0.29) is 51.0 Å². The van der Waals surface area contributed by atoms with E-state index in [4.69, 9.17) is 0 Å². The first-order chi connectivity index (χ1) is 5.88. The summed E-state index contributed by atoms with van der Waals surface area (Å²) in [6.45, 7) is 4.42. The standard InChI is InChI=1S/C9H11.C2H7Si.2ClH.Zr/c1-2-5-9-7-3-6-8(9)4-1;1-3-2;;;/h1-2,4-6,8-9H,3,7H2;3H,1-2H3;2*1H;/q-1;;;;+3/p-2. The van der Waals surface area contributed by atoms with E-state index >= 15 is 0 Å². The average Bonchev–Trinajstić information content (AvgIpc) is 2.52. The molecule has 0 aliphatic heterocycles. The zero-order chi connectivity index (χ0) is 8.81. The molecule has 0 heterocycles. The van der Waals surface area contributed by atoms with Crippen LogP contribution in [0.15, 0.2) is 24.3 Å². The molecule has 15 heavy (non-hydrogen) atoms. The van der Waals surface area contributed by atoms with Crippen molar-refractivity contribution in [2.45, 2.75) is 25.9 Å². The Labute approximate surface area is 128 Å². The van der Waals surface area contributed by atoms with Gasteiger partial charge < -0.3 is 31.2 Å². The summed E-state index contributed by atoms with van der Waals surface area (Å²) in [7, 11) is 0.750. The Kier molecular flexibility index (Phi) is 18.9. The molecule has 2 atom stereocenters. The van der Waals surface area contributed by atoms with E-state index in [1.54, 1.807) is 0 Å². The fourth-order valence-electron chi connectivity index (χ4n) is 1.69. The van der Waals surface area contributed by atoms with Crippen molar-refractivity contribution in [1.29, 1.82) is 0 Å². The molecule has 0 bridgehead atoms. The molecular weight excluding hydrogens is 322 g/mol. The molecule has 4 heteroatoms. The Hall–Kier alpha value is 1.16. The topological polar surface area (TPSA) is 0 Å². The molecule has 0 spiro atoms. The van der Waals surface area contributed by atoms with Gasteiger partial charge in [0.2, 0.25) is 0 Å². The monoisotopic (exact) mass is 338 g/mol. The Morgan fingerprint density at radius 3 is 2.20 bits per heavy atom. The van der Waals surface area contributed by atoms with Crippen LogP contribution in [0.2, 0.25) is 13.1 Å². The van der Waals surface area contributed by atoms with Gasteiger partial charge in [0.15, 0.2) is 0 Å². The number of hydrogen-bond acceptors (Lipinski definition) is 0. The van der Waals surface area contributed by atoms with Gasteiger partial charge in [0.1, 0.15) is 0 Å². The van der Waals surface area contributed by atoms with Gasteiger partial charge in [-0.2, -0.15) is 6.42 Å². The van der Waals surface area contributed by atoms with Crippen molar-refractivity contribution in [2.75, 3.05) is 0 Å². The van der Waals surface area contributed by atoms with Gasteiger partial charge in [-0.05, 0) is 5.92 Å². The van der Waals surface area contributed by atoms with Crippen molar-refractivity contribution >= 4 is 9.52 Å². The van der Waals surface area contributed by atoms with Crippen molar-refractivity contribution in [1.82, 2.24) is 0 Å². The molecule has 0 aromatic heterocycles. The minimum atomic E-state index is 0. The summed E-state index contributed by atoms with van der Waals surface area (Å²) in [6, 6.07) is 0. The first kappa shape index (κ1) is 21.4. The summed E-state index contributed by atoms with van der Waals surface area (Å²) < 4.78 is 0. The Morgan fingerprint density at radius 2 is 1.67 bits per heavy atom. The molecule has 1 fully saturated rings. The molecule has 1 saturated carbocycles. The summed E-state index contributed by atoms with van der Waals surface area (Å²) in [5.41, 5.74) is 0. The summed E-state index contributed by atoms with van der Waals surface area (Å²) in [5, 5.41) is 0. The Balaban J connectivity index is -0.000000220. The summed E-state index contributed by atoms with van der Waals surface area (Å²) >= 11 is 0. The van der Waals surface area contributed by atoms with E-state index in [9.17, 15) is 0 Å². The third-order valence-corrected chi connectivity index (χ3v) is 2.24. The molecule has 84 valence electrons. The summed E-state index contributed by atoms with van der Waals surface area (Å²) in [6.07, 6.45) is 14.1. The van der Waals surface area contributed by atoms with Gasteiger partial charge in [-0.25, -0.2) is 0 Å². The molecule has 2 aliphatic rings. The van der Waals surface area contributed by atoms with E-state index in [0.717, 1.165) is 21.4 Å². The molecule has 0 aromatic rings. The van der Waals surface area contributed by atoms with Crippen LogP contribution in [0.3, 0.4) is 0 Å². The Bertz CT molecular complexity index is 165. The zero-order valence-corrected chi connectivity index (χ0v) is 14.4. The minimum Gasteiger partial charge on any atom is -1.00 e. The fourth-order valence-corrected chi connectivity index (χ4v) is 1.69. The van der Waals surface area contributed by atoms with Crippen LogP contribution in [0.4, 0.5) is 0 Å². The maximum absolute atomic E-state index is 2.42. The first-order valence-electron chi connectivity index (χ1n) is 4.80. The number of halogens is 2. The Morgan fingerprint density at radius 1 is 1.13 bits per heavy atom. The molecular formula is C11H18Cl2SiZr. The fraction of sp³-hybridized carbons (Fsp3) is 0.545. The van der Waals surface area contributed by atoms with Crippen LogP contribution in [0.1, 0.15) is 12.8 Å². The van der Waals surface area contributed by atoms with Crippen LogP contribution in [0, 0.1) is 18.3 Å². The van der Waals surface area contributed by atoms with Gasteiger partial charge in [-0.1, -0.05) is 37.7 Å². The van der Waals surface area contributed by atoms with Gasteiger partial charge in [0, 0.05) is 9.52 Å². The molecule has 0 nitrogen and oxygen atoms in total. The third-order valence-electron chi connectivity index (χ3n) is 2.24. The maximum atomic E-state index is 2.42. The molecule has 0 amide bonds. The molecule has 0 N–H and O–H groups in total. The average molecular weight is 340 g/mol. The quantitative estimate of drug-likeness (QED) is 0.323. The van der Waals surface area contributed by atoms with E-state index in [1.807, 2.05) is 0 Å². The van der Waals surface area contributed by atoms with E-state index in [2.05, 4.69) is 43.8 Å². The SMILES string of the molecule is C1=CC2[CH-]CCC2C=C1.C[SiH]C.[Cl-].[Cl-].[Zr+3]. The molecule has 2 aliphatic carbocycles. The zero-order valence-electron chi connectivity index (χ0n) is 9.29. The number of hydrogen-bond donors (Lipinski definition) is 0. The van der Waals surface area contributed by atoms with Crippen LogP contribution in [-0.4, -0.2) is 9.52 Å². The van der Waals surface area contributed by atoms with E-state index in [1.165, 1.54) is 12.8 Å². The normalized spacial score (nSPS) is 24.7.